The smallest absolute Gasteiger partial charge is 0.307 e. The molecule has 90 valence electrons. The number of rotatable bonds is 7. The monoisotopic (exact) mass is 241 g/mol. The molecular formula is C12H19NO2S. The molecule has 1 N–H and O–H groups in total. The number of carbonyl (C=O) groups is 1. The zero-order chi connectivity index (χ0) is 11.8. The lowest BCUT2D eigenvalue weighted by Crippen LogP contribution is -2.30. The van der Waals surface area contributed by atoms with Gasteiger partial charge in [-0.15, -0.1) is 0 Å². The number of hydrogen-bond acceptors (Lipinski definition) is 4. The molecule has 0 radical (unpaired) electrons. The summed E-state index contributed by atoms with van der Waals surface area (Å²) in [6.45, 7) is 5.10. The molecule has 1 rings (SSSR count). The molecule has 1 atom stereocenters. The van der Waals surface area contributed by atoms with E-state index in [2.05, 4.69) is 29.1 Å². The highest BCUT2D eigenvalue weighted by Gasteiger charge is 2.05. The summed E-state index contributed by atoms with van der Waals surface area (Å²) in [6.07, 6.45) is 1.45. The predicted octanol–water partition coefficient (Wildman–Crippen LogP) is 2.22. The highest BCUT2D eigenvalue weighted by Crippen LogP contribution is 2.08. The predicted molar refractivity (Wildman–Crippen MR) is 66.7 cm³/mol. The minimum absolute atomic E-state index is 0.127. The molecule has 1 heterocycles. The maximum atomic E-state index is 11.1. The van der Waals surface area contributed by atoms with Gasteiger partial charge in [-0.1, -0.05) is 0 Å². The molecule has 4 heteroatoms. The first-order valence-corrected chi connectivity index (χ1v) is 6.56. The number of hydrogen-bond donors (Lipinski definition) is 1. The number of nitrogens with one attached hydrogen (secondary N) is 1. The maximum Gasteiger partial charge on any atom is 0.307 e. The summed E-state index contributed by atoms with van der Waals surface area (Å²) in [7, 11) is 0. The lowest BCUT2D eigenvalue weighted by Gasteiger charge is -2.12. The second-order valence-corrected chi connectivity index (χ2v) is 4.53. The molecule has 1 aromatic rings. The fourth-order valence-corrected chi connectivity index (χ4v) is 2.17. The van der Waals surface area contributed by atoms with Gasteiger partial charge in [-0.3, -0.25) is 4.79 Å². The minimum Gasteiger partial charge on any atom is -0.466 e. The third kappa shape index (κ3) is 5.28. The van der Waals surface area contributed by atoms with Crippen LogP contribution < -0.4 is 5.32 Å². The molecular weight excluding hydrogens is 222 g/mol. The molecule has 16 heavy (non-hydrogen) atoms. The molecule has 0 saturated heterocycles. The van der Waals surface area contributed by atoms with Crippen molar-refractivity contribution in [1.29, 1.82) is 0 Å². The molecule has 0 aliphatic rings. The number of ether oxygens (including phenoxy) is 1. The quantitative estimate of drug-likeness (QED) is 0.744. The van der Waals surface area contributed by atoms with Crippen LogP contribution in [0.4, 0.5) is 0 Å². The van der Waals surface area contributed by atoms with E-state index in [9.17, 15) is 4.79 Å². The first-order valence-electron chi connectivity index (χ1n) is 5.62. The summed E-state index contributed by atoms with van der Waals surface area (Å²) < 4.78 is 4.85. The highest BCUT2D eigenvalue weighted by molar-refractivity contribution is 7.07. The van der Waals surface area contributed by atoms with E-state index in [1.54, 1.807) is 11.3 Å². The Morgan fingerprint density at radius 1 is 1.62 bits per heavy atom. The second kappa shape index (κ2) is 7.41. The van der Waals surface area contributed by atoms with Crippen molar-refractivity contribution in [2.24, 2.45) is 0 Å². The summed E-state index contributed by atoms with van der Waals surface area (Å²) in [5.41, 5.74) is 1.35. The van der Waals surface area contributed by atoms with Crippen molar-refractivity contribution in [2.75, 3.05) is 13.2 Å². The van der Waals surface area contributed by atoms with E-state index in [0.717, 1.165) is 6.42 Å². The lowest BCUT2D eigenvalue weighted by atomic mass is 10.1. The molecule has 0 amide bonds. The number of thiophene rings is 1. The van der Waals surface area contributed by atoms with Gasteiger partial charge in [0.15, 0.2) is 0 Å². The molecule has 0 spiro atoms. The van der Waals surface area contributed by atoms with E-state index < -0.39 is 0 Å². The molecule has 0 aliphatic carbocycles. The number of esters is 1. The van der Waals surface area contributed by atoms with Crippen molar-refractivity contribution < 1.29 is 9.53 Å². The molecule has 0 saturated carbocycles. The summed E-state index contributed by atoms with van der Waals surface area (Å²) in [6, 6.07) is 2.53. The summed E-state index contributed by atoms with van der Waals surface area (Å²) in [4.78, 5) is 11.1. The van der Waals surface area contributed by atoms with Gasteiger partial charge in [-0.2, -0.15) is 11.3 Å². The van der Waals surface area contributed by atoms with Gasteiger partial charge in [-0.05, 0) is 42.7 Å². The van der Waals surface area contributed by atoms with Crippen molar-refractivity contribution >= 4 is 17.3 Å². The average Bonchev–Trinajstić information content (AvgIpc) is 2.70. The van der Waals surface area contributed by atoms with Crippen LogP contribution in [0, 0.1) is 0 Å². The zero-order valence-corrected chi connectivity index (χ0v) is 10.7. The van der Waals surface area contributed by atoms with Gasteiger partial charge in [0.2, 0.25) is 0 Å². The zero-order valence-electron chi connectivity index (χ0n) is 9.86. The van der Waals surface area contributed by atoms with Gasteiger partial charge < -0.3 is 10.1 Å². The Hall–Kier alpha value is -0.870. The number of carbonyl (C=O) groups excluding carboxylic acids is 1. The first-order chi connectivity index (χ1) is 7.72. The van der Waals surface area contributed by atoms with E-state index >= 15 is 0 Å². The Kier molecular flexibility index (Phi) is 6.11. The van der Waals surface area contributed by atoms with Crippen LogP contribution in [-0.2, 0) is 16.0 Å². The van der Waals surface area contributed by atoms with Crippen LogP contribution in [0.3, 0.4) is 0 Å². The Balaban J connectivity index is 2.11. The standard InChI is InChI=1S/C12H19NO2S/c1-3-15-12(14)4-6-13-10(2)8-11-5-7-16-9-11/h5,7,9-10,13H,3-4,6,8H2,1-2H3. The van der Waals surface area contributed by atoms with Crippen molar-refractivity contribution in [3.8, 4) is 0 Å². The maximum absolute atomic E-state index is 11.1. The van der Waals surface area contributed by atoms with Crippen LogP contribution in [0.2, 0.25) is 0 Å². The van der Waals surface area contributed by atoms with Crippen molar-refractivity contribution in [2.45, 2.75) is 32.7 Å². The third-order valence-corrected chi connectivity index (χ3v) is 2.98. The SMILES string of the molecule is CCOC(=O)CCNC(C)Cc1ccsc1. The van der Waals surface area contributed by atoms with E-state index in [-0.39, 0.29) is 5.97 Å². The van der Waals surface area contributed by atoms with Crippen LogP contribution in [0.25, 0.3) is 0 Å². The van der Waals surface area contributed by atoms with E-state index in [0.29, 0.717) is 25.6 Å². The van der Waals surface area contributed by atoms with Crippen molar-refractivity contribution in [3.05, 3.63) is 22.4 Å². The first kappa shape index (κ1) is 13.2. The van der Waals surface area contributed by atoms with Crippen LogP contribution in [-0.4, -0.2) is 25.2 Å². The van der Waals surface area contributed by atoms with E-state index in [1.807, 2.05) is 6.92 Å². The fourth-order valence-electron chi connectivity index (χ4n) is 1.49. The van der Waals surface area contributed by atoms with Gasteiger partial charge in [0.1, 0.15) is 0 Å². The Morgan fingerprint density at radius 3 is 3.06 bits per heavy atom. The normalized spacial score (nSPS) is 12.4. The van der Waals surface area contributed by atoms with E-state index in [1.165, 1.54) is 5.56 Å². The van der Waals surface area contributed by atoms with Gasteiger partial charge in [0.05, 0.1) is 13.0 Å². The summed E-state index contributed by atoms with van der Waals surface area (Å²) >= 11 is 1.72. The molecule has 3 nitrogen and oxygen atoms in total. The third-order valence-electron chi connectivity index (χ3n) is 2.25. The molecule has 1 aromatic heterocycles. The van der Waals surface area contributed by atoms with E-state index in [4.69, 9.17) is 4.74 Å². The molecule has 1 unspecified atom stereocenters. The molecule has 0 bridgehead atoms. The van der Waals surface area contributed by atoms with Crippen molar-refractivity contribution in [3.63, 3.8) is 0 Å². The van der Waals surface area contributed by atoms with Crippen LogP contribution in [0.1, 0.15) is 25.8 Å². The lowest BCUT2D eigenvalue weighted by molar-refractivity contribution is -0.142. The van der Waals surface area contributed by atoms with Gasteiger partial charge in [0.25, 0.3) is 0 Å². The largest absolute Gasteiger partial charge is 0.466 e. The molecule has 0 fully saturated rings. The summed E-state index contributed by atoms with van der Waals surface area (Å²) in [5, 5.41) is 7.55. The fraction of sp³-hybridized carbons (Fsp3) is 0.583. The van der Waals surface area contributed by atoms with Crippen molar-refractivity contribution in [1.82, 2.24) is 5.32 Å². The Morgan fingerprint density at radius 2 is 2.44 bits per heavy atom. The van der Waals surface area contributed by atoms with Crippen LogP contribution >= 0.6 is 11.3 Å². The Bertz CT molecular complexity index is 298. The van der Waals surface area contributed by atoms with Gasteiger partial charge in [-0.25, -0.2) is 0 Å². The topological polar surface area (TPSA) is 38.3 Å². The van der Waals surface area contributed by atoms with Crippen LogP contribution in [0.15, 0.2) is 16.8 Å². The summed E-state index contributed by atoms with van der Waals surface area (Å²) in [5.74, 6) is -0.127. The Labute approximate surface area is 101 Å². The van der Waals surface area contributed by atoms with Gasteiger partial charge >= 0.3 is 5.97 Å². The van der Waals surface area contributed by atoms with Crippen LogP contribution in [0.5, 0.6) is 0 Å². The second-order valence-electron chi connectivity index (χ2n) is 3.75. The molecule has 0 aromatic carbocycles. The minimum atomic E-state index is -0.127. The molecule has 0 aliphatic heterocycles. The van der Waals surface area contributed by atoms with Gasteiger partial charge in [0, 0.05) is 12.6 Å². The highest BCUT2D eigenvalue weighted by atomic mass is 32.1. The average molecular weight is 241 g/mol.